The Morgan fingerprint density at radius 1 is 1.64 bits per heavy atom. The highest BCUT2D eigenvalue weighted by atomic mass is 35.5. The van der Waals surface area contributed by atoms with Crippen LogP contribution in [0.1, 0.15) is 6.92 Å². The Bertz CT molecular complexity index is 181. The van der Waals surface area contributed by atoms with Gasteiger partial charge in [0.15, 0.2) is 0 Å². The minimum atomic E-state index is -3.24. The third kappa shape index (κ3) is 4.53. The summed E-state index contributed by atoms with van der Waals surface area (Å²) in [5.74, 6) is 0. The molecule has 0 saturated heterocycles. The van der Waals surface area contributed by atoms with Crippen molar-refractivity contribution in [1.29, 1.82) is 0 Å². The normalized spacial score (nSPS) is 15.9. The second-order valence-corrected chi connectivity index (χ2v) is 4.31. The lowest BCUT2D eigenvalue weighted by atomic mass is 10.9. The van der Waals surface area contributed by atoms with Crippen molar-refractivity contribution in [3.05, 3.63) is 0 Å². The molecule has 0 aromatic carbocycles. The van der Waals surface area contributed by atoms with E-state index in [2.05, 4.69) is 4.52 Å². The summed E-state index contributed by atoms with van der Waals surface area (Å²) in [5.41, 5.74) is 0. The van der Waals surface area contributed by atoms with Crippen LogP contribution in [-0.2, 0) is 18.4 Å². The maximum atomic E-state index is 11.2. The molecule has 0 aromatic rings. The van der Waals surface area contributed by atoms with Crippen LogP contribution < -0.4 is 0 Å². The minimum Gasteiger partial charge on any atom is -0.312 e. The molecule has 0 radical (unpaired) electrons. The van der Waals surface area contributed by atoms with Gasteiger partial charge in [-0.3, -0.25) is 9.36 Å². The zero-order valence-corrected chi connectivity index (χ0v) is 8.02. The molecule has 0 amide bonds. The van der Waals surface area contributed by atoms with Crippen LogP contribution in [0, 0.1) is 0 Å². The fraction of sp³-hybridized carbons (Fsp3) is 0.800. The van der Waals surface area contributed by atoms with Gasteiger partial charge in [0.25, 0.3) is 0 Å². The molecule has 0 aromatic heterocycles. The van der Waals surface area contributed by atoms with Crippen molar-refractivity contribution in [3.8, 4) is 0 Å². The van der Waals surface area contributed by atoms with Crippen LogP contribution in [-0.4, -0.2) is 25.1 Å². The molecule has 4 nitrogen and oxygen atoms in total. The smallest absolute Gasteiger partial charge is 0.312 e. The summed E-state index contributed by atoms with van der Waals surface area (Å²) in [4.78, 5) is 10.3. The van der Waals surface area contributed by atoms with Crippen molar-refractivity contribution in [1.82, 2.24) is 0 Å². The molecule has 0 bridgehead atoms. The molecule has 0 aliphatic heterocycles. The van der Waals surface area contributed by atoms with Crippen LogP contribution in [0.2, 0.25) is 0 Å². The lowest BCUT2D eigenvalue weighted by Crippen LogP contribution is -2.02. The first-order valence-corrected chi connectivity index (χ1v) is 5.12. The average molecular weight is 201 g/mol. The SMILES string of the molecule is CCOP(=O)(CC(=O)Cl)OC. The highest BCUT2D eigenvalue weighted by molar-refractivity contribution is 7.55. The van der Waals surface area contributed by atoms with Crippen LogP contribution in [0.15, 0.2) is 0 Å². The molecule has 0 aliphatic rings. The van der Waals surface area contributed by atoms with Gasteiger partial charge in [-0.1, -0.05) is 0 Å². The molecule has 11 heavy (non-hydrogen) atoms. The van der Waals surface area contributed by atoms with E-state index in [1.54, 1.807) is 6.92 Å². The second kappa shape index (κ2) is 4.88. The van der Waals surface area contributed by atoms with E-state index in [-0.39, 0.29) is 12.8 Å². The van der Waals surface area contributed by atoms with Crippen molar-refractivity contribution in [2.45, 2.75) is 6.92 Å². The number of hydrogen-bond donors (Lipinski definition) is 0. The number of carbonyl (C=O) groups excluding carboxylic acids is 1. The third-order valence-corrected chi connectivity index (χ3v) is 3.12. The number of carbonyl (C=O) groups is 1. The molecule has 0 heterocycles. The highest BCUT2D eigenvalue weighted by Crippen LogP contribution is 2.47. The molecule has 6 heteroatoms. The fourth-order valence-corrected chi connectivity index (χ4v) is 1.97. The van der Waals surface area contributed by atoms with Gasteiger partial charge >= 0.3 is 7.60 Å². The van der Waals surface area contributed by atoms with E-state index >= 15 is 0 Å². The molecular formula is C5H10ClO4P. The maximum Gasteiger partial charge on any atom is 0.339 e. The predicted octanol–water partition coefficient (Wildman–Crippen LogP) is 1.63. The van der Waals surface area contributed by atoms with Gasteiger partial charge in [-0.25, -0.2) is 0 Å². The molecule has 0 spiro atoms. The van der Waals surface area contributed by atoms with Gasteiger partial charge < -0.3 is 9.05 Å². The topological polar surface area (TPSA) is 52.6 Å². The van der Waals surface area contributed by atoms with Crippen LogP contribution >= 0.6 is 19.2 Å². The zero-order chi connectivity index (χ0) is 8.91. The Balaban J connectivity index is 4.10. The first kappa shape index (κ1) is 11.1. The summed E-state index contributed by atoms with van der Waals surface area (Å²) in [6.07, 6.45) is -0.376. The Labute approximate surface area is 70.4 Å². The van der Waals surface area contributed by atoms with Crippen molar-refractivity contribution in [2.75, 3.05) is 19.9 Å². The minimum absolute atomic E-state index is 0.231. The average Bonchev–Trinajstić information content (AvgIpc) is 1.87. The number of hydrogen-bond acceptors (Lipinski definition) is 4. The highest BCUT2D eigenvalue weighted by Gasteiger charge is 2.25. The summed E-state index contributed by atoms with van der Waals surface area (Å²) in [6.45, 7) is 1.89. The van der Waals surface area contributed by atoms with Gasteiger partial charge in [0.2, 0.25) is 5.24 Å². The van der Waals surface area contributed by atoms with E-state index in [0.717, 1.165) is 0 Å². The first-order valence-electron chi connectivity index (χ1n) is 3.01. The van der Waals surface area contributed by atoms with Crippen molar-refractivity contribution < 1.29 is 18.4 Å². The quantitative estimate of drug-likeness (QED) is 0.500. The second-order valence-electron chi connectivity index (χ2n) is 1.72. The summed E-state index contributed by atoms with van der Waals surface area (Å²) in [5, 5.41) is -0.719. The summed E-state index contributed by atoms with van der Waals surface area (Å²) >= 11 is 5.01. The van der Waals surface area contributed by atoms with Gasteiger partial charge in [-0.15, -0.1) is 0 Å². The molecule has 0 fully saturated rings. The molecule has 66 valence electrons. The molecular weight excluding hydrogens is 190 g/mol. The van der Waals surface area contributed by atoms with Gasteiger partial charge in [-0.05, 0) is 18.5 Å². The fourth-order valence-electron chi connectivity index (χ4n) is 0.512. The van der Waals surface area contributed by atoms with Gasteiger partial charge in [-0.2, -0.15) is 0 Å². The monoisotopic (exact) mass is 200 g/mol. The largest absolute Gasteiger partial charge is 0.339 e. The van der Waals surface area contributed by atoms with Crippen molar-refractivity contribution in [3.63, 3.8) is 0 Å². The third-order valence-electron chi connectivity index (χ3n) is 0.922. The number of rotatable bonds is 5. The van der Waals surface area contributed by atoms with Crippen LogP contribution in [0.4, 0.5) is 0 Å². The molecule has 1 unspecified atom stereocenters. The van der Waals surface area contributed by atoms with Gasteiger partial charge in [0, 0.05) is 7.11 Å². The Morgan fingerprint density at radius 2 is 2.18 bits per heavy atom. The Morgan fingerprint density at radius 3 is 2.45 bits per heavy atom. The zero-order valence-electron chi connectivity index (χ0n) is 6.37. The lowest BCUT2D eigenvalue weighted by Gasteiger charge is -2.12. The summed E-state index contributed by atoms with van der Waals surface area (Å²) in [6, 6.07) is 0. The van der Waals surface area contributed by atoms with Crippen LogP contribution in [0.3, 0.4) is 0 Å². The van der Waals surface area contributed by atoms with E-state index in [4.69, 9.17) is 16.1 Å². The molecule has 0 saturated carbocycles. The lowest BCUT2D eigenvalue weighted by molar-refractivity contribution is -0.109. The Hall–Kier alpha value is 0.110. The predicted molar refractivity (Wildman–Crippen MR) is 42.0 cm³/mol. The van der Waals surface area contributed by atoms with Crippen LogP contribution in [0.5, 0.6) is 0 Å². The standard InChI is InChI=1S/C5H10ClO4P/c1-3-10-11(8,9-2)4-5(6)7/h3-4H2,1-2H3. The molecule has 0 N–H and O–H groups in total. The molecule has 1 atom stereocenters. The molecule has 0 aliphatic carbocycles. The van der Waals surface area contributed by atoms with E-state index in [0.29, 0.717) is 0 Å². The molecule has 0 rings (SSSR count). The van der Waals surface area contributed by atoms with E-state index in [1.165, 1.54) is 7.11 Å². The van der Waals surface area contributed by atoms with E-state index < -0.39 is 12.8 Å². The van der Waals surface area contributed by atoms with Gasteiger partial charge in [0.05, 0.1) is 6.61 Å². The Kier molecular flexibility index (Phi) is 4.93. The van der Waals surface area contributed by atoms with E-state index in [1.807, 2.05) is 0 Å². The van der Waals surface area contributed by atoms with Gasteiger partial charge in [0.1, 0.15) is 6.16 Å². The van der Waals surface area contributed by atoms with Crippen molar-refractivity contribution >= 4 is 24.4 Å². The van der Waals surface area contributed by atoms with Crippen molar-refractivity contribution in [2.24, 2.45) is 0 Å². The van der Waals surface area contributed by atoms with Crippen LogP contribution in [0.25, 0.3) is 0 Å². The van der Waals surface area contributed by atoms with E-state index in [9.17, 15) is 9.36 Å². The summed E-state index contributed by atoms with van der Waals surface area (Å²) < 4.78 is 20.5. The first-order chi connectivity index (χ1) is 5.04. The summed E-state index contributed by atoms with van der Waals surface area (Å²) in [7, 11) is -2.02. The number of halogens is 1. The maximum absolute atomic E-state index is 11.2.